The van der Waals surface area contributed by atoms with Crippen LogP contribution in [0.3, 0.4) is 0 Å². The minimum Gasteiger partial charge on any atom is -0.512 e. The molecule has 6 aromatic carbocycles. The van der Waals surface area contributed by atoms with Crippen LogP contribution in [0, 0.1) is 53.7 Å². The Kier molecular flexibility index (Phi) is 35.4. The topological polar surface area (TPSA) is 202 Å². The fourth-order valence-electron chi connectivity index (χ4n) is 11.3. The van der Waals surface area contributed by atoms with Gasteiger partial charge in [0.05, 0.1) is 17.3 Å². The number of aliphatic hydroxyl groups excluding tert-OH is 3. The zero-order valence-corrected chi connectivity index (χ0v) is 67.1. The summed E-state index contributed by atoms with van der Waals surface area (Å²) < 4.78 is 0. The summed E-state index contributed by atoms with van der Waals surface area (Å²) in [7, 11) is 0. The predicted octanol–water partition coefficient (Wildman–Crippen LogP) is 20.5. The molecular weight excluding hydrogens is 1810 g/mol. The molecule has 12 nitrogen and oxygen atoms in total. The Morgan fingerprint density at radius 3 is 1.03 bits per heavy atom. The molecule has 3 radical (unpaired) electrons. The first-order valence-corrected chi connectivity index (χ1v) is 33.9. The molecule has 12 rings (SSSR count). The van der Waals surface area contributed by atoms with Crippen molar-refractivity contribution in [3.63, 3.8) is 0 Å². The van der Waals surface area contributed by atoms with E-state index in [1.165, 1.54) is 18.2 Å². The van der Waals surface area contributed by atoms with Crippen LogP contribution in [0.4, 0.5) is 0 Å². The average molecular weight is 1900 g/mol. The van der Waals surface area contributed by atoms with Gasteiger partial charge >= 0.3 is 0 Å². The molecule has 0 fully saturated rings. The maximum absolute atomic E-state index is 12.6. The van der Waals surface area contributed by atoms with Crippen molar-refractivity contribution >= 4 is 34.7 Å². The van der Waals surface area contributed by atoms with E-state index in [9.17, 15) is 44.1 Å². The van der Waals surface area contributed by atoms with Gasteiger partial charge < -0.3 is 30.3 Å². The maximum atomic E-state index is 12.6. The van der Waals surface area contributed by atoms with Crippen molar-refractivity contribution in [2.75, 3.05) is 0 Å². The number of ketones is 6. The number of carbonyl (C=O) groups is 6. The van der Waals surface area contributed by atoms with Gasteiger partial charge in [0, 0.05) is 175 Å². The van der Waals surface area contributed by atoms with Gasteiger partial charge in [-0.25, -0.2) is 0 Å². The van der Waals surface area contributed by atoms with E-state index in [1.807, 2.05) is 247 Å². The molecule has 0 amide bonds. The van der Waals surface area contributed by atoms with Gasteiger partial charge in [0.15, 0.2) is 34.7 Å². The smallest absolute Gasteiger partial charge is 0.195 e. The van der Waals surface area contributed by atoms with Gasteiger partial charge in [-0.05, 0) is 86.5 Å². The van der Waals surface area contributed by atoms with Gasteiger partial charge in [-0.15, -0.1) is 108 Å². The molecule has 0 spiro atoms. The standard InChI is InChI=1S/3C18H10NO.3C11H20O2.3Ir/c20-18-14-9-5-4-8-13(14)16-11-19-17(10-15(16)18)12-6-2-1-3-7-12;20-18-14-9-5-4-8-13(14)15-10-17(19-11-16(15)18)12-6-2-1-3-7-12;20-18-15-9-5-4-8-13(15)14-10-11-19-17(16(14)18)12-6-2-1-3-7-12;3*1-8(2)5-10(12)7-11(13)6-9(3)4;;;/h3*1-6,8-11H;3*7-9,12H,5-6H2,1-4H3;;;/q3*-1;;;;;;. The molecule has 3 N–H and O–H groups in total. The Balaban J connectivity index is 0.000000262. The first kappa shape index (κ1) is 85.8. The van der Waals surface area contributed by atoms with Crippen LogP contribution in [0.25, 0.3) is 67.2 Å². The number of hydrogen-bond acceptors (Lipinski definition) is 12. The van der Waals surface area contributed by atoms with Crippen molar-refractivity contribution < 1.29 is 104 Å². The second kappa shape index (κ2) is 42.1. The molecular formula is C87H90Ir3N3O9-3. The van der Waals surface area contributed by atoms with Crippen LogP contribution in [0.2, 0.25) is 0 Å². The van der Waals surface area contributed by atoms with Gasteiger partial charge in [0.2, 0.25) is 0 Å². The van der Waals surface area contributed by atoms with E-state index in [0.29, 0.717) is 90.9 Å². The third kappa shape index (κ3) is 25.1. The number of hydrogen-bond donors (Lipinski definition) is 3. The number of rotatable bonds is 18. The maximum Gasteiger partial charge on any atom is 0.195 e. The predicted molar refractivity (Wildman–Crippen MR) is 396 cm³/mol. The number of nitrogens with zero attached hydrogens (tertiary/aromatic N) is 3. The molecule has 3 aliphatic rings. The number of aromatic nitrogens is 3. The van der Waals surface area contributed by atoms with E-state index in [-0.39, 0.29) is 112 Å². The summed E-state index contributed by atoms with van der Waals surface area (Å²) in [5.74, 6) is 3.13. The van der Waals surface area contributed by atoms with Crippen LogP contribution in [-0.4, -0.2) is 65.0 Å². The molecule has 3 aliphatic carbocycles. The van der Waals surface area contributed by atoms with Crippen LogP contribution >= 0.6 is 0 Å². The SMILES string of the molecule is CC(C)CC(=O)C=C(O)CC(C)C.CC(C)CC(=O)C=C(O)CC(C)C.CC(C)CC(=O)C=C(O)CC(C)C.O=C1c2ccccc2-c2cc(-c3[c-]cccc3)ncc21.O=C1c2ccccc2-c2ccnc(-c3[c-]cccc3)c21.O=C1c2ccccc2-c2cnc(-c3[c-]cccc3)cc21.[Ir].[Ir].[Ir]. The number of pyridine rings is 3. The van der Waals surface area contributed by atoms with Crippen LogP contribution in [-0.2, 0) is 74.7 Å². The molecule has 3 aromatic heterocycles. The summed E-state index contributed by atoms with van der Waals surface area (Å²) in [6, 6.07) is 61.2. The van der Waals surface area contributed by atoms with E-state index in [2.05, 4.69) is 33.2 Å². The summed E-state index contributed by atoms with van der Waals surface area (Å²) in [5, 5.41) is 28.0. The van der Waals surface area contributed by atoms with E-state index in [4.69, 9.17) is 0 Å². The summed E-state index contributed by atoms with van der Waals surface area (Å²) >= 11 is 0. The Morgan fingerprint density at radius 1 is 0.343 bits per heavy atom. The third-order valence-corrected chi connectivity index (χ3v) is 15.5. The largest absolute Gasteiger partial charge is 0.512 e. The summed E-state index contributed by atoms with van der Waals surface area (Å²) in [4.78, 5) is 84.3. The van der Waals surface area contributed by atoms with Gasteiger partial charge in [-0.1, -0.05) is 168 Å². The van der Waals surface area contributed by atoms with E-state index in [1.54, 1.807) is 18.6 Å². The molecule has 0 aliphatic heterocycles. The van der Waals surface area contributed by atoms with Crippen molar-refractivity contribution in [2.45, 2.75) is 122 Å². The van der Waals surface area contributed by atoms with E-state index < -0.39 is 0 Å². The molecule has 0 saturated carbocycles. The second-order valence-corrected chi connectivity index (χ2v) is 27.2. The Labute approximate surface area is 642 Å². The number of carbonyl (C=O) groups excluding carboxylic acids is 6. The molecule has 9 aromatic rings. The number of aliphatic hydroxyl groups is 3. The van der Waals surface area contributed by atoms with E-state index >= 15 is 0 Å². The summed E-state index contributed by atoms with van der Waals surface area (Å²) in [6.07, 6.45) is 12.6. The number of benzene rings is 6. The van der Waals surface area contributed by atoms with Crippen molar-refractivity contribution in [3.05, 3.63) is 269 Å². The molecule has 537 valence electrons. The minimum absolute atomic E-state index is 0. The molecule has 0 saturated heterocycles. The first-order chi connectivity index (χ1) is 47.3. The van der Waals surface area contributed by atoms with Gasteiger partial charge in [0.1, 0.15) is 0 Å². The van der Waals surface area contributed by atoms with Crippen LogP contribution in [0.15, 0.2) is 218 Å². The minimum atomic E-state index is 0. The van der Waals surface area contributed by atoms with Crippen molar-refractivity contribution in [1.82, 2.24) is 15.0 Å². The molecule has 3 heterocycles. The molecule has 102 heavy (non-hydrogen) atoms. The van der Waals surface area contributed by atoms with Crippen LogP contribution in [0.1, 0.15) is 169 Å². The van der Waals surface area contributed by atoms with E-state index in [0.717, 1.165) is 83.7 Å². The average Bonchev–Trinajstić information content (AvgIpc) is 1.62. The molecule has 15 heteroatoms. The quantitative estimate of drug-likeness (QED) is 0.0417. The van der Waals surface area contributed by atoms with Crippen LogP contribution < -0.4 is 0 Å². The monoisotopic (exact) mass is 1900 g/mol. The fraction of sp³-hybridized carbons (Fsp3) is 0.276. The fourth-order valence-corrected chi connectivity index (χ4v) is 11.3. The van der Waals surface area contributed by atoms with Crippen LogP contribution in [0.5, 0.6) is 0 Å². The molecule has 0 unspecified atom stereocenters. The Morgan fingerprint density at radius 2 is 0.657 bits per heavy atom. The number of allylic oxidation sites excluding steroid dienone is 6. The van der Waals surface area contributed by atoms with Gasteiger partial charge in [-0.2, -0.15) is 0 Å². The zero-order valence-electron chi connectivity index (χ0n) is 59.9. The normalized spacial score (nSPS) is 11.9. The Bertz CT molecular complexity index is 4270. The third-order valence-electron chi connectivity index (χ3n) is 15.5. The van der Waals surface area contributed by atoms with Gasteiger partial charge in [-0.3, -0.25) is 28.8 Å². The molecule has 0 bridgehead atoms. The first-order valence-electron chi connectivity index (χ1n) is 33.9. The Hall–Kier alpha value is -8.64. The second-order valence-electron chi connectivity index (χ2n) is 27.2. The van der Waals surface area contributed by atoms with Crippen molar-refractivity contribution in [1.29, 1.82) is 0 Å². The molecule has 0 atom stereocenters. The summed E-state index contributed by atoms with van der Waals surface area (Å²) in [5.41, 5.74) is 15.2. The van der Waals surface area contributed by atoms with Gasteiger partial charge in [0.25, 0.3) is 0 Å². The van der Waals surface area contributed by atoms with Crippen molar-refractivity contribution in [2.24, 2.45) is 35.5 Å². The van der Waals surface area contributed by atoms with Crippen molar-refractivity contribution in [3.8, 4) is 67.2 Å². The zero-order chi connectivity index (χ0) is 71.9. The number of fused-ring (bicyclic) bond motifs is 9. The summed E-state index contributed by atoms with van der Waals surface area (Å²) in [6.45, 7) is 24.0.